The Bertz CT molecular complexity index is 443. The Kier molecular flexibility index (Phi) is 2.95. The fourth-order valence-electron chi connectivity index (χ4n) is 1.28. The molecule has 2 heterocycles. The van der Waals surface area contributed by atoms with Gasteiger partial charge in [0.05, 0.1) is 19.9 Å². The lowest BCUT2D eigenvalue weighted by Gasteiger charge is -2.04. The number of rotatable bonds is 3. The first-order valence-electron chi connectivity index (χ1n) is 4.71. The Morgan fingerprint density at radius 1 is 1.00 bits per heavy atom. The lowest BCUT2D eigenvalue weighted by atomic mass is 10.2. The summed E-state index contributed by atoms with van der Waals surface area (Å²) in [6.45, 7) is 0. The van der Waals surface area contributed by atoms with Gasteiger partial charge in [0.1, 0.15) is 0 Å². The van der Waals surface area contributed by atoms with Gasteiger partial charge in [0.2, 0.25) is 5.88 Å². The van der Waals surface area contributed by atoms with E-state index in [0.29, 0.717) is 11.9 Å². The minimum absolute atomic E-state index is 0.341. The number of nitrogens with zero attached hydrogens (tertiary/aromatic N) is 3. The molecule has 2 rings (SSSR count). The molecule has 5 nitrogen and oxygen atoms in total. The highest BCUT2D eigenvalue weighted by Crippen LogP contribution is 2.20. The van der Waals surface area contributed by atoms with Crippen molar-refractivity contribution in [3.8, 4) is 23.1 Å². The van der Waals surface area contributed by atoms with E-state index in [-0.39, 0.29) is 0 Å². The third-order valence-electron chi connectivity index (χ3n) is 2.06. The van der Waals surface area contributed by atoms with E-state index >= 15 is 0 Å². The summed E-state index contributed by atoms with van der Waals surface area (Å²) in [5, 5.41) is 0. The summed E-state index contributed by atoms with van der Waals surface area (Å²) in [4.78, 5) is 12.2. The van der Waals surface area contributed by atoms with Crippen molar-refractivity contribution < 1.29 is 9.47 Å². The minimum atomic E-state index is 0.341. The van der Waals surface area contributed by atoms with Crippen molar-refractivity contribution in [2.24, 2.45) is 0 Å². The van der Waals surface area contributed by atoms with Gasteiger partial charge >= 0.3 is 6.01 Å². The van der Waals surface area contributed by atoms with Crippen molar-refractivity contribution in [2.75, 3.05) is 14.2 Å². The summed E-state index contributed by atoms with van der Waals surface area (Å²) < 4.78 is 10.0. The molecule has 0 aromatic carbocycles. The number of hydrogen-bond donors (Lipinski definition) is 0. The van der Waals surface area contributed by atoms with E-state index in [0.717, 1.165) is 11.3 Å². The topological polar surface area (TPSA) is 57.1 Å². The summed E-state index contributed by atoms with van der Waals surface area (Å²) in [5.41, 5.74) is 1.68. The van der Waals surface area contributed by atoms with Crippen LogP contribution in [0.2, 0.25) is 0 Å². The average molecular weight is 217 g/mol. The number of aromatic nitrogens is 3. The summed E-state index contributed by atoms with van der Waals surface area (Å²) in [7, 11) is 3.11. The lowest BCUT2D eigenvalue weighted by molar-refractivity contribution is 0.380. The Morgan fingerprint density at radius 2 is 1.81 bits per heavy atom. The normalized spacial score (nSPS) is 9.88. The molecule has 0 bridgehead atoms. The van der Waals surface area contributed by atoms with E-state index in [4.69, 9.17) is 9.47 Å². The number of ether oxygens (including phenoxy) is 2. The molecule has 0 fully saturated rings. The maximum Gasteiger partial charge on any atom is 0.316 e. The van der Waals surface area contributed by atoms with Crippen LogP contribution >= 0.6 is 0 Å². The van der Waals surface area contributed by atoms with Gasteiger partial charge in [-0.05, 0) is 12.1 Å². The summed E-state index contributed by atoms with van der Waals surface area (Å²) in [6, 6.07) is 5.80. The van der Waals surface area contributed by atoms with Gasteiger partial charge in [-0.1, -0.05) is 0 Å². The molecule has 16 heavy (non-hydrogen) atoms. The molecule has 0 N–H and O–H groups in total. The van der Waals surface area contributed by atoms with Crippen LogP contribution in [-0.2, 0) is 0 Å². The third-order valence-corrected chi connectivity index (χ3v) is 2.06. The molecule has 0 aliphatic heterocycles. The van der Waals surface area contributed by atoms with Crippen LogP contribution in [-0.4, -0.2) is 29.2 Å². The van der Waals surface area contributed by atoms with E-state index in [1.165, 1.54) is 7.11 Å². The Balaban J connectivity index is 2.41. The van der Waals surface area contributed by atoms with Crippen LogP contribution in [0, 0.1) is 0 Å². The second kappa shape index (κ2) is 4.57. The van der Waals surface area contributed by atoms with E-state index in [2.05, 4.69) is 15.0 Å². The van der Waals surface area contributed by atoms with Crippen molar-refractivity contribution in [3.05, 3.63) is 30.6 Å². The highest BCUT2D eigenvalue weighted by molar-refractivity contribution is 5.59. The first-order chi connectivity index (χ1) is 7.83. The van der Waals surface area contributed by atoms with Crippen LogP contribution in [0.15, 0.2) is 30.6 Å². The predicted molar refractivity (Wildman–Crippen MR) is 58.4 cm³/mol. The second-order valence-electron chi connectivity index (χ2n) is 3.02. The van der Waals surface area contributed by atoms with Gasteiger partial charge in [0, 0.05) is 24.0 Å². The predicted octanol–water partition coefficient (Wildman–Crippen LogP) is 1.56. The average Bonchev–Trinajstić information content (AvgIpc) is 2.39. The van der Waals surface area contributed by atoms with E-state index in [9.17, 15) is 0 Å². The fraction of sp³-hybridized carbons (Fsp3) is 0.182. The van der Waals surface area contributed by atoms with Gasteiger partial charge in [0.25, 0.3) is 0 Å². The van der Waals surface area contributed by atoms with Gasteiger partial charge in [-0.25, -0.2) is 9.97 Å². The van der Waals surface area contributed by atoms with E-state index in [1.807, 2.05) is 12.1 Å². The number of methoxy groups -OCH3 is 2. The van der Waals surface area contributed by atoms with Crippen molar-refractivity contribution in [1.82, 2.24) is 15.0 Å². The Morgan fingerprint density at radius 3 is 2.56 bits per heavy atom. The first-order valence-corrected chi connectivity index (χ1v) is 4.71. The summed E-state index contributed by atoms with van der Waals surface area (Å²) >= 11 is 0. The van der Waals surface area contributed by atoms with Crippen LogP contribution < -0.4 is 9.47 Å². The van der Waals surface area contributed by atoms with Gasteiger partial charge in [-0.2, -0.15) is 4.98 Å². The quantitative estimate of drug-likeness (QED) is 0.780. The zero-order valence-corrected chi connectivity index (χ0v) is 9.04. The molecule has 0 spiro atoms. The molecule has 0 saturated carbocycles. The van der Waals surface area contributed by atoms with Crippen LogP contribution in [0.3, 0.4) is 0 Å². The third kappa shape index (κ3) is 2.08. The van der Waals surface area contributed by atoms with Crippen LogP contribution in [0.4, 0.5) is 0 Å². The SMILES string of the molecule is COc1cc(-c2ccnc(OC)n2)ccn1. The van der Waals surface area contributed by atoms with Crippen LogP contribution in [0.1, 0.15) is 0 Å². The maximum absolute atomic E-state index is 5.05. The molecular weight excluding hydrogens is 206 g/mol. The highest BCUT2D eigenvalue weighted by Gasteiger charge is 2.03. The van der Waals surface area contributed by atoms with E-state index in [1.54, 1.807) is 25.6 Å². The largest absolute Gasteiger partial charge is 0.481 e. The van der Waals surface area contributed by atoms with Gasteiger partial charge < -0.3 is 9.47 Å². The molecule has 0 saturated heterocycles. The monoisotopic (exact) mass is 217 g/mol. The van der Waals surface area contributed by atoms with Crippen LogP contribution in [0.5, 0.6) is 11.9 Å². The number of hydrogen-bond acceptors (Lipinski definition) is 5. The molecule has 0 aliphatic carbocycles. The molecule has 0 unspecified atom stereocenters. The first kappa shape index (κ1) is 10.4. The van der Waals surface area contributed by atoms with Gasteiger partial charge in [-0.3, -0.25) is 0 Å². The molecule has 0 aliphatic rings. The molecule has 0 atom stereocenters. The Labute approximate surface area is 93.1 Å². The van der Waals surface area contributed by atoms with E-state index < -0.39 is 0 Å². The Hall–Kier alpha value is -2.17. The minimum Gasteiger partial charge on any atom is -0.481 e. The fourth-order valence-corrected chi connectivity index (χ4v) is 1.28. The van der Waals surface area contributed by atoms with Crippen molar-refractivity contribution >= 4 is 0 Å². The molecule has 0 amide bonds. The molecular formula is C11H11N3O2. The lowest BCUT2D eigenvalue weighted by Crippen LogP contribution is -1.94. The number of pyridine rings is 1. The van der Waals surface area contributed by atoms with Gasteiger partial charge in [-0.15, -0.1) is 0 Å². The second-order valence-corrected chi connectivity index (χ2v) is 3.02. The molecule has 5 heteroatoms. The van der Waals surface area contributed by atoms with Crippen molar-refractivity contribution in [3.63, 3.8) is 0 Å². The maximum atomic E-state index is 5.05. The van der Waals surface area contributed by atoms with Crippen molar-refractivity contribution in [2.45, 2.75) is 0 Å². The summed E-state index contributed by atoms with van der Waals surface area (Å²) in [6.07, 6.45) is 3.32. The molecule has 0 radical (unpaired) electrons. The molecule has 2 aromatic heterocycles. The summed E-state index contributed by atoms with van der Waals surface area (Å²) in [5.74, 6) is 0.551. The molecule has 2 aromatic rings. The van der Waals surface area contributed by atoms with Crippen LogP contribution in [0.25, 0.3) is 11.3 Å². The smallest absolute Gasteiger partial charge is 0.316 e. The van der Waals surface area contributed by atoms with Gasteiger partial charge in [0.15, 0.2) is 0 Å². The zero-order chi connectivity index (χ0) is 11.4. The standard InChI is InChI=1S/C11H11N3O2/c1-15-10-7-8(3-5-12-10)9-4-6-13-11(14-9)16-2/h3-7H,1-2H3. The van der Waals surface area contributed by atoms with Crippen molar-refractivity contribution in [1.29, 1.82) is 0 Å². The highest BCUT2D eigenvalue weighted by atomic mass is 16.5. The molecule has 82 valence electrons. The zero-order valence-electron chi connectivity index (χ0n) is 9.04.